The minimum Gasteiger partial charge on any atom is -0.311 e. The van der Waals surface area contributed by atoms with Crippen molar-refractivity contribution in [3.8, 4) is 0 Å². The lowest BCUT2D eigenvalue weighted by Gasteiger charge is -2.48. The second-order valence-corrected chi connectivity index (χ2v) is 15.4. The van der Waals surface area contributed by atoms with E-state index in [2.05, 4.69) is 66.0 Å². The third kappa shape index (κ3) is 7.29. The SMILES string of the molecule is CC1(C)CC(OP2OCC3(CO2)COP(OC2CC(C)(C)NC(C)(C)C2)OC3)CC(C)(C)N1. The first kappa shape index (κ1) is 26.6. The molecule has 10 heteroatoms. The van der Waals surface area contributed by atoms with Crippen LogP contribution in [0.15, 0.2) is 0 Å². The Morgan fingerprint density at radius 1 is 0.545 bits per heavy atom. The van der Waals surface area contributed by atoms with Gasteiger partial charge in [-0.2, -0.15) is 0 Å². The molecule has 0 aromatic carbocycles. The molecule has 33 heavy (non-hydrogen) atoms. The highest BCUT2D eigenvalue weighted by Gasteiger charge is 2.47. The van der Waals surface area contributed by atoms with Crippen molar-refractivity contribution in [2.75, 3.05) is 26.4 Å². The molecule has 4 aliphatic heterocycles. The molecule has 0 bridgehead atoms. The zero-order valence-corrected chi connectivity index (χ0v) is 23.4. The van der Waals surface area contributed by atoms with Crippen LogP contribution in [-0.2, 0) is 27.1 Å². The maximum atomic E-state index is 6.27. The summed E-state index contributed by atoms with van der Waals surface area (Å²) in [5.41, 5.74) is -0.178. The molecule has 0 atom stereocenters. The van der Waals surface area contributed by atoms with Crippen molar-refractivity contribution in [2.45, 2.75) is 115 Å². The van der Waals surface area contributed by atoms with Crippen LogP contribution in [0.5, 0.6) is 0 Å². The molecule has 8 nitrogen and oxygen atoms in total. The van der Waals surface area contributed by atoms with Gasteiger partial charge in [0, 0.05) is 22.2 Å². The average Bonchev–Trinajstić information content (AvgIpc) is 2.61. The number of hydrogen-bond donors (Lipinski definition) is 2. The number of piperidine rings is 2. The highest BCUT2D eigenvalue weighted by Crippen LogP contribution is 2.55. The van der Waals surface area contributed by atoms with Gasteiger partial charge in [-0.3, -0.25) is 0 Å². The fourth-order valence-electron chi connectivity index (χ4n) is 6.05. The summed E-state index contributed by atoms with van der Waals surface area (Å²) >= 11 is 0. The Balaban J connectivity index is 1.22. The van der Waals surface area contributed by atoms with Gasteiger partial charge in [0.05, 0.1) is 44.1 Å². The lowest BCUT2D eigenvalue weighted by molar-refractivity contribution is -0.0879. The molecule has 4 saturated heterocycles. The van der Waals surface area contributed by atoms with Gasteiger partial charge in [0.25, 0.3) is 0 Å². The summed E-state index contributed by atoms with van der Waals surface area (Å²) in [4.78, 5) is 0. The molecule has 0 aliphatic carbocycles. The van der Waals surface area contributed by atoms with Crippen LogP contribution >= 0.6 is 17.2 Å². The van der Waals surface area contributed by atoms with Gasteiger partial charge in [0.2, 0.25) is 0 Å². The van der Waals surface area contributed by atoms with Crippen LogP contribution in [-0.4, -0.2) is 60.8 Å². The molecule has 4 aliphatic rings. The fraction of sp³-hybridized carbons (Fsp3) is 1.00. The van der Waals surface area contributed by atoms with E-state index in [0.29, 0.717) is 26.4 Å². The fourth-order valence-corrected chi connectivity index (χ4v) is 8.75. The van der Waals surface area contributed by atoms with E-state index in [9.17, 15) is 0 Å². The quantitative estimate of drug-likeness (QED) is 0.506. The molecule has 0 aromatic rings. The van der Waals surface area contributed by atoms with Crippen molar-refractivity contribution >= 4 is 17.2 Å². The van der Waals surface area contributed by atoms with Crippen LogP contribution in [0.4, 0.5) is 0 Å². The van der Waals surface area contributed by atoms with E-state index >= 15 is 0 Å². The second kappa shape index (κ2) is 9.45. The predicted molar refractivity (Wildman–Crippen MR) is 131 cm³/mol. The van der Waals surface area contributed by atoms with Crippen molar-refractivity contribution in [1.29, 1.82) is 0 Å². The molecule has 2 N–H and O–H groups in total. The van der Waals surface area contributed by atoms with Gasteiger partial charge in [0.15, 0.2) is 0 Å². The highest BCUT2D eigenvalue weighted by molar-refractivity contribution is 7.42. The highest BCUT2D eigenvalue weighted by atomic mass is 31.2. The lowest BCUT2D eigenvalue weighted by atomic mass is 9.81. The third-order valence-electron chi connectivity index (χ3n) is 6.68. The zero-order chi connectivity index (χ0) is 24.1. The van der Waals surface area contributed by atoms with Crippen molar-refractivity contribution in [1.82, 2.24) is 10.6 Å². The van der Waals surface area contributed by atoms with Gasteiger partial charge < -0.3 is 37.8 Å². The van der Waals surface area contributed by atoms with Crippen molar-refractivity contribution < 1.29 is 27.1 Å². The van der Waals surface area contributed by atoms with Gasteiger partial charge in [-0.15, -0.1) is 0 Å². The Morgan fingerprint density at radius 3 is 1.09 bits per heavy atom. The molecule has 1 spiro atoms. The van der Waals surface area contributed by atoms with Crippen LogP contribution in [0.25, 0.3) is 0 Å². The number of nitrogens with one attached hydrogen (secondary N) is 2. The maximum absolute atomic E-state index is 6.27. The Morgan fingerprint density at radius 2 is 0.818 bits per heavy atom. The molecule has 0 amide bonds. The summed E-state index contributed by atoms with van der Waals surface area (Å²) in [6.45, 7) is 19.8. The lowest BCUT2D eigenvalue weighted by Crippen LogP contribution is -2.59. The first-order valence-electron chi connectivity index (χ1n) is 12.2. The van der Waals surface area contributed by atoms with E-state index in [4.69, 9.17) is 27.1 Å². The molecular weight excluding hydrogens is 462 g/mol. The monoisotopic (exact) mass is 506 g/mol. The average molecular weight is 507 g/mol. The van der Waals surface area contributed by atoms with Crippen LogP contribution in [0.2, 0.25) is 0 Å². The summed E-state index contributed by atoms with van der Waals surface area (Å²) in [5.74, 6) is 0. The van der Waals surface area contributed by atoms with E-state index in [-0.39, 0.29) is 39.8 Å². The Kier molecular flexibility index (Phi) is 7.61. The summed E-state index contributed by atoms with van der Waals surface area (Å²) in [5, 5.41) is 7.37. The zero-order valence-electron chi connectivity index (χ0n) is 21.7. The number of hydrogen-bond acceptors (Lipinski definition) is 8. The Hall–Kier alpha value is 0.540. The minimum atomic E-state index is -1.35. The second-order valence-electron chi connectivity index (χ2n) is 13.1. The van der Waals surface area contributed by atoms with Crippen LogP contribution in [0.3, 0.4) is 0 Å². The molecule has 0 saturated carbocycles. The Labute approximate surface area is 202 Å². The van der Waals surface area contributed by atoms with Gasteiger partial charge in [-0.25, -0.2) is 0 Å². The molecule has 4 heterocycles. The van der Waals surface area contributed by atoms with E-state index < -0.39 is 17.2 Å². The summed E-state index contributed by atoms with van der Waals surface area (Å²) in [6, 6.07) is 0. The van der Waals surface area contributed by atoms with Crippen LogP contribution in [0, 0.1) is 5.41 Å². The van der Waals surface area contributed by atoms with Crippen molar-refractivity contribution in [2.24, 2.45) is 5.41 Å². The van der Waals surface area contributed by atoms with E-state index in [1.54, 1.807) is 0 Å². The van der Waals surface area contributed by atoms with E-state index in [1.807, 2.05) is 0 Å². The van der Waals surface area contributed by atoms with Crippen LogP contribution in [0.1, 0.15) is 81.1 Å². The molecule has 0 unspecified atom stereocenters. The topological polar surface area (TPSA) is 79.4 Å². The molecular formula is C23H44N2O6P2. The van der Waals surface area contributed by atoms with Crippen LogP contribution < -0.4 is 10.6 Å². The third-order valence-corrected chi connectivity index (χ3v) is 8.98. The van der Waals surface area contributed by atoms with Gasteiger partial charge >= 0.3 is 17.2 Å². The Bertz CT molecular complexity index is 595. The van der Waals surface area contributed by atoms with E-state index in [0.717, 1.165) is 25.7 Å². The predicted octanol–water partition coefficient (Wildman–Crippen LogP) is 5.17. The van der Waals surface area contributed by atoms with Crippen molar-refractivity contribution in [3.63, 3.8) is 0 Å². The first-order valence-corrected chi connectivity index (χ1v) is 14.4. The minimum absolute atomic E-state index is 0.0276. The summed E-state index contributed by atoms with van der Waals surface area (Å²) in [6.07, 6.45) is 3.98. The largest absolute Gasteiger partial charge is 0.332 e. The maximum Gasteiger partial charge on any atom is 0.332 e. The summed E-state index contributed by atoms with van der Waals surface area (Å²) in [7, 11) is -2.69. The molecule has 0 radical (unpaired) electrons. The standard InChI is InChI=1S/C23H44N2O6P2/c1-19(2)9-17(10-20(3,4)24-19)30-32-26-13-23(14-27-32)15-28-33(29-16-23)31-18-11-21(5,6)25-22(7,8)12-18/h17-18,24-25H,9-16H2,1-8H3. The molecule has 4 fully saturated rings. The number of rotatable bonds is 4. The van der Waals surface area contributed by atoms with Crippen molar-refractivity contribution in [3.05, 3.63) is 0 Å². The van der Waals surface area contributed by atoms with Gasteiger partial charge in [-0.1, -0.05) is 0 Å². The first-order chi connectivity index (χ1) is 15.1. The smallest absolute Gasteiger partial charge is 0.311 e. The summed E-state index contributed by atoms with van der Waals surface area (Å²) < 4.78 is 36.7. The molecule has 192 valence electrons. The molecule has 4 rings (SSSR count). The normalized spacial score (nSPS) is 38.9. The van der Waals surface area contributed by atoms with Gasteiger partial charge in [0.1, 0.15) is 0 Å². The van der Waals surface area contributed by atoms with E-state index in [1.165, 1.54) is 0 Å². The van der Waals surface area contributed by atoms with Gasteiger partial charge in [-0.05, 0) is 81.1 Å². The molecule has 0 aromatic heterocycles.